The molecule has 43 heavy (non-hydrogen) atoms. The summed E-state index contributed by atoms with van der Waals surface area (Å²) in [5.41, 5.74) is 10.3. The molecule has 2 aliphatic carbocycles. The molecule has 0 saturated carbocycles. The molecule has 206 valence electrons. The lowest BCUT2D eigenvalue weighted by Crippen LogP contribution is -2.14. The third kappa shape index (κ3) is 4.86. The van der Waals surface area contributed by atoms with Gasteiger partial charge in [0.05, 0.1) is 10.2 Å². The first-order valence-corrected chi connectivity index (χ1v) is 15.5. The highest BCUT2D eigenvalue weighted by Gasteiger charge is 2.15. The third-order valence-electron chi connectivity index (χ3n) is 8.03. The molecule has 8 rings (SSSR count). The number of para-hydroxylation sites is 1. The van der Waals surface area contributed by atoms with Gasteiger partial charge in [-0.25, -0.2) is 4.98 Å². The number of nitrogens with zero attached hydrogens (tertiary/aromatic N) is 2. The summed E-state index contributed by atoms with van der Waals surface area (Å²) in [6.45, 7) is 0. The lowest BCUT2D eigenvalue weighted by molar-refractivity contribution is 1.21. The Morgan fingerprint density at radius 2 is 1.40 bits per heavy atom. The van der Waals surface area contributed by atoms with Crippen LogP contribution in [0.5, 0.6) is 0 Å². The molecule has 0 amide bonds. The van der Waals surface area contributed by atoms with Crippen LogP contribution in [0.25, 0.3) is 48.7 Å². The van der Waals surface area contributed by atoms with Crippen molar-refractivity contribution in [2.24, 2.45) is 0 Å². The van der Waals surface area contributed by atoms with Crippen molar-refractivity contribution in [1.29, 1.82) is 0 Å². The fraction of sp³-hybridized carbons (Fsp3) is 0.0513. The van der Waals surface area contributed by atoms with Crippen LogP contribution >= 0.6 is 11.3 Å². The van der Waals surface area contributed by atoms with E-state index in [4.69, 9.17) is 4.98 Å². The van der Waals surface area contributed by atoms with Gasteiger partial charge in [0.15, 0.2) is 0 Å². The van der Waals surface area contributed by atoms with E-state index in [1.807, 2.05) is 0 Å². The number of anilines is 2. The van der Waals surface area contributed by atoms with E-state index in [1.165, 1.54) is 32.2 Å². The van der Waals surface area contributed by atoms with E-state index in [1.54, 1.807) is 11.3 Å². The second-order valence-electron chi connectivity index (χ2n) is 10.8. The second-order valence-corrected chi connectivity index (χ2v) is 11.9. The maximum absolute atomic E-state index is 4.98. The number of fused-ring (bicyclic) bond motifs is 4. The monoisotopic (exact) mass is 571 g/mol. The first-order chi connectivity index (χ1) is 21.3. The van der Waals surface area contributed by atoms with Crippen molar-refractivity contribution in [3.8, 4) is 11.1 Å². The van der Waals surface area contributed by atoms with Crippen LogP contribution in [0.3, 0.4) is 0 Å². The number of nitrogens with one attached hydrogen (secondary N) is 1. The van der Waals surface area contributed by atoms with Crippen LogP contribution in [0.1, 0.15) is 17.8 Å². The zero-order valence-corrected chi connectivity index (χ0v) is 24.4. The number of allylic oxidation sites excluding steroid dienone is 11. The van der Waals surface area contributed by atoms with E-state index in [0.717, 1.165) is 51.5 Å². The maximum atomic E-state index is 4.98. The summed E-state index contributed by atoms with van der Waals surface area (Å²) in [7, 11) is 0. The van der Waals surface area contributed by atoms with Gasteiger partial charge in [0.2, 0.25) is 0 Å². The standard InChI is InChI=1S/C39H29N3S/c1-2-7-13-28(12-6-1)39-41-37-26-36-34(25-38(37)43-39)33-24-29(20-23-35(33)40-36)27-18-21-32(22-19-27)42(31-16-10-5-11-17-31)30-14-8-3-4-9-15-30/h1,3,5-26,40H,2,4H2. The Balaban J connectivity index is 1.16. The molecule has 6 aromatic rings. The SMILES string of the molecule is C1=CCC=CC(c2nc3cc4[nH]c5ccc(-c6ccc(N(C7=CC=CCC=C7)c7ccccc7)cc6)cc5c4cc3s2)=C1. The summed E-state index contributed by atoms with van der Waals surface area (Å²) in [5, 5.41) is 3.53. The van der Waals surface area contributed by atoms with E-state index in [9.17, 15) is 0 Å². The van der Waals surface area contributed by atoms with Crippen LogP contribution in [0.15, 0.2) is 151 Å². The van der Waals surface area contributed by atoms with Crippen LogP contribution in [-0.2, 0) is 0 Å². The number of hydrogen-bond donors (Lipinski definition) is 1. The van der Waals surface area contributed by atoms with Crippen LogP contribution in [0.2, 0.25) is 0 Å². The van der Waals surface area contributed by atoms with Crippen LogP contribution in [0.4, 0.5) is 11.4 Å². The summed E-state index contributed by atoms with van der Waals surface area (Å²) in [6, 6.07) is 30.7. The highest BCUT2D eigenvalue weighted by molar-refractivity contribution is 7.19. The molecule has 1 N–H and O–H groups in total. The van der Waals surface area contributed by atoms with E-state index in [-0.39, 0.29) is 0 Å². The Morgan fingerprint density at radius 1 is 0.651 bits per heavy atom. The minimum atomic E-state index is 0.945. The maximum Gasteiger partial charge on any atom is 0.124 e. The Morgan fingerprint density at radius 3 is 2.26 bits per heavy atom. The van der Waals surface area contributed by atoms with Crippen molar-refractivity contribution in [2.45, 2.75) is 12.8 Å². The molecule has 0 radical (unpaired) electrons. The van der Waals surface area contributed by atoms with Crippen LogP contribution in [-0.4, -0.2) is 9.97 Å². The summed E-state index contributed by atoms with van der Waals surface area (Å²) < 4.78 is 1.21. The van der Waals surface area contributed by atoms with Gasteiger partial charge in [-0.05, 0) is 84.7 Å². The topological polar surface area (TPSA) is 31.9 Å². The van der Waals surface area contributed by atoms with E-state index in [2.05, 4.69) is 156 Å². The molecule has 0 fully saturated rings. The van der Waals surface area contributed by atoms with Crippen molar-refractivity contribution >= 4 is 60.3 Å². The molecular formula is C39H29N3S. The normalized spacial score (nSPS) is 14.7. The number of aromatic nitrogens is 2. The molecule has 0 aliphatic heterocycles. The van der Waals surface area contributed by atoms with Crippen LogP contribution < -0.4 is 4.90 Å². The number of rotatable bonds is 5. The van der Waals surface area contributed by atoms with Gasteiger partial charge >= 0.3 is 0 Å². The smallest absolute Gasteiger partial charge is 0.124 e. The molecule has 0 saturated heterocycles. The average Bonchev–Trinajstić information content (AvgIpc) is 3.34. The zero-order chi connectivity index (χ0) is 28.6. The molecular weight excluding hydrogens is 543 g/mol. The van der Waals surface area contributed by atoms with E-state index >= 15 is 0 Å². The predicted molar refractivity (Wildman–Crippen MR) is 185 cm³/mol. The van der Waals surface area contributed by atoms with Gasteiger partial charge in [-0.3, -0.25) is 0 Å². The largest absolute Gasteiger partial charge is 0.354 e. The van der Waals surface area contributed by atoms with Crippen molar-refractivity contribution < 1.29 is 0 Å². The molecule has 2 aromatic heterocycles. The van der Waals surface area contributed by atoms with Gasteiger partial charge in [0, 0.05) is 44.5 Å². The number of aromatic amines is 1. The Kier molecular flexibility index (Phi) is 6.47. The minimum absolute atomic E-state index is 0.945. The van der Waals surface area contributed by atoms with Crippen molar-refractivity contribution in [1.82, 2.24) is 9.97 Å². The third-order valence-corrected chi connectivity index (χ3v) is 9.10. The van der Waals surface area contributed by atoms with Crippen LogP contribution in [0, 0.1) is 0 Å². The first kappa shape index (κ1) is 25.5. The highest BCUT2D eigenvalue weighted by Crippen LogP contribution is 2.37. The van der Waals surface area contributed by atoms with Gasteiger partial charge in [-0.15, -0.1) is 11.3 Å². The quantitative estimate of drug-likeness (QED) is 0.223. The number of benzene rings is 4. The van der Waals surface area contributed by atoms with Crippen molar-refractivity contribution in [3.63, 3.8) is 0 Å². The van der Waals surface area contributed by atoms with Gasteiger partial charge < -0.3 is 9.88 Å². The Hall–Kier alpha value is -5.19. The van der Waals surface area contributed by atoms with Gasteiger partial charge in [-0.2, -0.15) is 0 Å². The summed E-state index contributed by atoms with van der Waals surface area (Å²) in [4.78, 5) is 10.9. The summed E-state index contributed by atoms with van der Waals surface area (Å²) in [6.07, 6.45) is 23.6. The molecule has 0 atom stereocenters. The fourth-order valence-electron chi connectivity index (χ4n) is 5.89. The molecule has 0 bridgehead atoms. The van der Waals surface area contributed by atoms with E-state index in [0.29, 0.717) is 0 Å². The molecule has 2 aliphatic rings. The number of thiazole rings is 1. The van der Waals surface area contributed by atoms with Crippen molar-refractivity contribution in [3.05, 3.63) is 156 Å². The second kappa shape index (κ2) is 10.9. The molecule has 0 spiro atoms. The van der Waals surface area contributed by atoms with E-state index < -0.39 is 0 Å². The Labute approximate surface area is 254 Å². The minimum Gasteiger partial charge on any atom is -0.354 e. The van der Waals surface area contributed by atoms with Crippen molar-refractivity contribution in [2.75, 3.05) is 4.90 Å². The molecule has 4 heteroatoms. The molecule has 4 aromatic carbocycles. The average molecular weight is 572 g/mol. The fourth-order valence-corrected chi connectivity index (χ4v) is 6.88. The molecule has 3 nitrogen and oxygen atoms in total. The summed E-state index contributed by atoms with van der Waals surface area (Å²) >= 11 is 1.76. The predicted octanol–water partition coefficient (Wildman–Crippen LogP) is 11.0. The first-order valence-electron chi connectivity index (χ1n) is 14.7. The molecule has 2 heterocycles. The Bertz CT molecular complexity index is 2170. The lowest BCUT2D eigenvalue weighted by Gasteiger charge is -2.26. The highest BCUT2D eigenvalue weighted by atomic mass is 32.1. The van der Waals surface area contributed by atoms with Gasteiger partial charge in [0.25, 0.3) is 0 Å². The lowest BCUT2D eigenvalue weighted by atomic mass is 10.0. The van der Waals surface area contributed by atoms with Gasteiger partial charge in [0.1, 0.15) is 5.01 Å². The summed E-state index contributed by atoms with van der Waals surface area (Å²) in [5.74, 6) is 0. The molecule has 0 unspecified atom stereocenters. The zero-order valence-electron chi connectivity index (χ0n) is 23.6. The number of H-pyrrole nitrogens is 1. The number of hydrogen-bond acceptors (Lipinski definition) is 3. The van der Waals surface area contributed by atoms with Gasteiger partial charge in [-0.1, -0.05) is 85.0 Å².